The summed E-state index contributed by atoms with van der Waals surface area (Å²) in [5, 5.41) is 9.58. The fourth-order valence-corrected chi connectivity index (χ4v) is 3.77. The topological polar surface area (TPSA) is 55.5 Å². The molecule has 1 fully saturated rings. The molecule has 1 aromatic heterocycles. The summed E-state index contributed by atoms with van der Waals surface area (Å²) in [5.74, 6) is 1.66. The van der Waals surface area contributed by atoms with Crippen LogP contribution < -0.4 is 4.90 Å². The van der Waals surface area contributed by atoms with E-state index in [4.69, 9.17) is 21.3 Å². The number of ether oxygens (including phenoxy) is 1. The number of aliphatic imine (C=N–C) groups is 1. The first-order chi connectivity index (χ1) is 13.3. The van der Waals surface area contributed by atoms with Gasteiger partial charge in [-0.05, 0) is 18.2 Å². The third-order valence-electron chi connectivity index (χ3n) is 4.89. The van der Waals surface area contributed by atoms with Crippen LogP contribution in [-0.4, -0.2) is 46.8 Å². The predicted octanol–water partition coefficient (Wildman–Crippen LogP) is 3.11. The molecule has 0 atom stereocenters. The van der Waals surface area contributed by atoms with E-state index in [1.807, 2.05) is 36.4 Å². The summed E-state index contributed by atoms with van der Waals surface area (Å²) in [7, 11) is 0. The molecule has 5 rings (SSSR count). The molecule has 3 aromatic rings. The Morgan fingerprint density at radius 1 is 0.963 bits per heavy atom. The Morgan fingerprint density at radius 3 is 2.59 bits per heavy atom. The molecule has 136 valence electrons. The molecule has 7 heteroatoms. The zero-order valence-corrected chi connectivity index (χ0v) is 15.4. The van der Waals surface area contributed by atoms with Crippen LogP contribution in [0, 0.1) is 0 Å². The Labute approximate surface area is 162 Å². The van der Waals surface area contributed by atoms with E-state index in [0.717, 1.165) is 47.4 Å². The van der Waals surface area contributed by atoms with Crippen LogP contribution in [0.25, 0.3) is 5.69 Å². The third-order valence-corrected chi connectivity index (χ3v) is 5.12. The summed E-state index contributed by atoms with van der Waals surface area (Å²) < 4.78 is 7.59. The van der Waals surface area contributed by atoms with Crippen molar-refractivity contribution in [3.8, 4) is 5.69 Å². The number of benzene rings is 2. The molecule has 0 N–H and O–H groups in total. The van der Waals surface area contributed by atoms with E-state index in [0.29, 0.717) is 24.8 Å². The lowest BCUT2D eigenvalue weighted by molar-refractivity contribution is 0.122. The van der Waals surface area contributed by atoms with Gasteiger partial charge in [0.2, 0.25) is 5.95 Å². The van der Waals surface area contributed by atoms with Crippen molar-refractivity contribution >= 4 is 23.3 Å². The van der Waals surface area contributed by atoms with Gasteiger partial charge in [-0.25, -0.2) is 0 Å². The van der Waals surface area contributed by atoms with Crippen LogP contribution in [0.4, 0.5) is 5.95 Å². The fraction of sp³-hybridized carbons (Fsp3) is 0.250. The quantitative estimate of drug-likeness (QED) is 0.686. The van der Waals surface area contributed by atoms with Gasteiger partial charge in [0.25, 0.3) is 0 Å². The van der Waals surface area contributed by atoms with Crippen molar-refractivity contribution in [2.45, 2.75) is 6.54 Å². The van der Waals surface area contributed by atoms with Crippen LogP contribution in [0.3, 0.4) is 0 Å². The Kier molecular flexibility index (Phi) is 4.14. The van der Waals surface area contributed by atoms with Crippen molar-refractivity contribution in [1.29, 1.82) is 0 Å². The number of hydrogen-bond donors (Lipinski definition) is 0. The molecule has 1 saturated heterocycles. The highest BCUT2D eigenvalue weighted by Gasteiger charge is 2.26. The Balaban J connectivity index is 1.69. The fourth-order valence-electron chi connectivity index (χ4n) is 3.60. The molecule has 6 nitrogen and oxygen atoms in total. The van der Waals surface area contributed by atoms with Gasteiger partial charge in [0, 0.05) is 29.2 Å². The SMILES string of the molecule is Clc1ccc2c(c1)C(c1ccccc1)=NCc1nnc(N3CCOCC3)n1-2. The van der Waals surface area contributed by atoms with Crippen LogP contribution >= 0.6 is 11.6 Å². The van der Waals surface area contributed by atoms with Crippen molar-refractivity contribution in [3.05, 3.63) is 70.5 Å². The van der Waals surface area contributed by atoms with E-state index < -0.39 is 0 Å². The lowest BCUT2D eigenvalue weighted by atomic mass is 10.0. The molecule has 0 radical (unpaired) electrons. The van der Waals surface area contributed by atoms with E-state index in [2.05, 4.69) is 31.8 Å². The molecule has 0 bridgehead atoms. The lowest BCUT2D eigenvalue weighted by Gasteiger charge is -2.28. The molecular formula is C20H18ClN5O. The summed E-state index contributed by atoms with van der Waals surface area (Å²) >= 11 is 6.35. The Morgan fingerprint density at radius 2 is 1.78 bits per heavy atom. The molecule has 3 heterocycles. The lowest BCUT2D eigenvalue weighted by Crippen LogP contribution is -2.38. The van der Waals surface area contributed by atoms with E-state index in [1.54, 1.807) is 0 Å². The monoisotopic (exact) mass is 379 g/mol. The average Bonchev–Trinajstić information content (AvgIpc) is 3.07. The van der Waals surface area contributed by atoms with E-state index >= 15 is 0 Å². The van der Waals surface area contributed by atoms with Crippen molar-refractivity contribution < 1.29 is 4.74 Å². The maximum absolute atomic E-state index is 6.35. The molecule has 0 unspecified atom stereocenters. The minimum absolute atomic E-state index is 0.466. The van der Waals surface area contributed by atoms with Gasteiger partial charge in [-0.1, -0.05) is 41.9 Å². The van der Waals surface area contributed by atoms with Crippen LogP contribution in [0.2, 0.25) is 5.02 Å². The second-order valence-electron chi connectivity index (χ2n) is 6.54. The first-order valence-electron chi connectivity index (χ1n) is 8.98. The maximum atomic E-state index is 6.35. The number of aromatic nitrogens is 3. The number of nitrogens with zero attached hydrogens (tertiary/aromatic N) is 5. The predicted molar refractivity (Wildman–Crippen MR) is 105 cm³/mol. The molecule has 2 aliphatic rings. The average molecular weight is 380 g/mol. The maximum Gasteiger partial charge on any atom is 0.232 e. The standard InChI is InChI=1S/C20H18ClN5O/c21-15-6-7-17-16(12-15)19(14-4-2-1-3-5-14)22-13-18-23-24-20(26(17)18)25-8-10-27-11-9-25/h1-7,12H,8-11,13H2. The van der Waals surface area contributed by atoms with Crippen molar-refractivity contribution in [1.82, 2.24) is 14.8 Å². The minimum atomic E-state index is 0.466. The highest BCUT2D eigenvalue weighted by atomic mass is 35.5. The van der Waals surface area contributed by atoms with Crippen LogP contribution in [0.5, 0.6) is 0 Å². The highest BCUT2D eigenvalue weighted by Crippen LogP contribution is 2.30. The van der Waals surface area contributed by atoms with Crippen molar-refractivity contribution in [2.75, 3.05) is 31.2 Å². The molecule has 27 heavy (non-hydrogen) atoms. The zero-order chi connectivity index (χ0) is 18.2. The van der Waals surface area contributed by atoms with E-state index in [1.165, 1.54) is 0 Å². The number of morpholine rings is 1. The summed E-state index contributed by atoms with van der Waals surface area (Å²) in [5.41, 5.74) is 3.97. The first kappa shape index (κ1) is 16.5. The smallest absolute Gasteiger partial charge is 0.232 e. The van der Waals surface area contributed by atoms with Crippen molar-refractivity contribution in [2.24, 2.45) is 4.99 Å². The van der Waals surface area contributed by atoms with Gasteiger partial charge in [-0.3, -0.25) is 9.56 Å². The van der Waals surface area contributed by atoms with Crippen LogP contribution in [0.1, 0.15) is 17.0 Å². The number of fused-ring (bicyclic) bond motifs is 3. The minimum Gasteiger partial charge on any atom is -0.378 e. The first-order valence-corrected chi connectivity index (χ1v) is 9.36. The van der Waals surface area contributed by atoms with Crippen molar-refractivity contribution in [3.63, 3.8) is 0 Å². The summed E-state index contributed by atoms with van der Waals surface area (Å²) in [6.07, 6.45) is 0. The van der Waals surface area contributed by atoms with Gasteiger partial charge < -0.3 is 9.64 Å². The Hall–Kier alpha value is -2.70. The highest BCUT2D eigenvalue weighted by molar-refractivity contribution is 6.31. The van der Waals surface area contributed by atoms with E-state index in [9.17, 15) is 0 Å². The van der Waals surface area contributed by atoms with Gasteiger partial charge in [-0.2, -0.15) is 0 Å². The second-order valence-corrected chi connectivity index (χ2v) is 6.98. The van der Waals surface area contributed by atoms with Gasteiger partial charge in [-0.15, -0.1) is 10.2 Å². The zero-order valence-electron chi connectivity index (χ0n) is 14.7. The molecule has 2 aromatic carbocycles. The van der Waals surface area contributed by atoms with Crippen LogP contribution in [-0.2, 0) is 11.3 Å². The van der Waals surface area contributed by atoms with Gasteiger partial charge in [0.05, 0.1) is 24.6 Å². The van der Waals surface area contributed by atoms with Gasteiger partial charge in [0.1, 0.15) is 6.54 Å². The third kappa shape index (κ3) is 2.91. The number of anilines is 1. The summed E-state index contributed by atoms with van der Waals surface area (Å²) in [4.78, 5) is 7.08. The molecule has 0 amide bonds. The normalized spacial score (nSPS) is 16.3. The summed E-state index contributed by atoms with van der Waals surface area (Å²) in [6.45, 7) is 3.46. The summed E-state index contributed by atoms with van der Waals surface area (Å²) in [6, 6.07) is 16.1. The molecule has 0 aliphatic carbocycles. The number of rotatable bonds is 2. The molecule has 0 spiro atoms. The Bertz CT molecular complexity index is 1010. The van der Waals surface area contributed by atoms with E-state index in [-0.39, 0.29) is 0 Å². The number of hydrogen-bond acceptors (Lipinski definition) is 5. The number of halogens is 1. The van der Waals surface area contributed by atoms with Gasteiger partial charge in [0.15, 0.2) is 5.82 Å². The van der Waals surface area contributed by atoms with Crippen LogP contribution in [0.15, 0.2) is 53.5 Å². The molecule has 2 aliphatic heterocycles. The largest absolute Gasteiger partial charge is 0.378 e. The molecule has 0 saturated carbocycles. The van der Waals surface area contributed by atoms with Gasteiger partial charge >= 0.3 is 0 Å². The second kappa shape index (κ2) is 6.79. The molecular weight excluding hydrogens is 362 g/mol.